The second-order valence-electron chi connectivity index (χ2n) is 8.54. The highest BCUT2D eigenvalue weighted by atomic mass is 16.5. The number of nitrogens with zero attached hydrogens (tertiary/aromatic N) is 4. The minimum Gasteiger partial charge on any atom is -0.491 e. The lowest BCUT2D eigenvalue weighted by Gasteiger charge is -2.25. The van der Waals surface area contributed by atoms with Crippen molar-refractivity contribution in [2.45, 2.75) is 52.0 Å². The Kier molecular flexibility index (Phi) is 6.68. The maximum Gasteiger partial charge on any atom is 0.125 e. The van der Waals surface area contributed by atoms with E-state index in [1.165, 1.54) is 12.0 Å². The maximum absolute atomic E-state index is 5.95. The van der Waals surface area contributed by atoms with Crippen LogP contribution in [0.15, 0.2) is 48.9 Å². The molecule has 4 rings (SSSR count). The molecule has 1 saturated heterocycles. The normalized spacial score (nSPS) is 16.9. The fourth-order valence-electron chi connectivity index (χ4n) is 4.30. The summed E-state index contributed by atoms with van der Waals surface area (Å²) in [6, 6.07) is 11.1. The highest BCUT2D eigenvalue weighted by Gasteiger charge is 2.27. The Morgan fingerprint density at radius 1 is 1.13 bits per heavy atom. The highest BCUT2D eigenvalue weighted by Crippen LogP contribution is 2.33. The summed E-state index contributed by atoms with van der Waals surface area (Å²) >= 11 is 0. The number of aryl methyl sites for hydroxylation is 1. The molecule has 0 saturated carbocycles. The molecule has 0 spiro atoms. The van der Waals surface area contributed by atoms with Crippen molar-refractivity contribution in [3.63, 3.8) is 0 Å². The molecule has 1 aliphatic heterocycles. The molecule has 2 aromatic heterocycles. The SMILES string of the molecule is COCc1cc(CN2CCC[C@@H]2c2ccc(-c3cnn(C)c3)cn2)ccc1OC(C)C. The van der Waals surface area contributed by atoms with Gasteiger partial charge >= 0.3 is 0 Å². The molecule has 0 amide bonds. The molecule has 0 unspecified atom stereocenters. The second-order valence-corrected chi connectivity index (χ2v) is 8.54. The van der Waals surface area contributed by atoms with Crippen molar-refractivity contribution in [2.24, 2.45) is 7.05 Å². The van der Waals surface area contributed by atoms with E-state index >= 15 is 0 Å². The zero-order valence-electron chi connectivity index (χ0n) is 18.9. The van der Waals surface area contributed by atoms with Gasteiger partial charge in [-0.15, -0.1) is 0 Å². The molecule has 1 fully saturated rings. The standard InChI is InChI=1S/C25H32N4O2/c1-18(2)31-25-10-7-19(12-21(25)17-30-4)15-29-11-5-6-24(29)23-9-8-20(13-26-23)22-14-27-28(3)16-22/h7-10,12-14,16,18,24H,5-6,11,15,17H2,1-4H3/t24-/m1/s1. The fourth-order valence-corrected chi connectivity index (χ4v) is 4.30. The Balaban J connectivity index is 1.49. The highest BCUT2D eigenvalue weighted by molar-refractivity contribution is 5.60. The molecule has 164 valence electrons. The maximum atomic E-state index is 5.95. The molecule has 3 aromatic rings. The summed E-state index contributed by atoms with van der Waals surface area (Å²) in [7, 11) is 3.66. The average molecular weight is 421 g/mol. The van der Waals surface area contributed by atoms with Crippen molar-refractivity contribution in [3.05, 3.63) is 65.7 Å². The third kappa shape index (κ3) is 5.14. The predicted octanol–water partition coefficient (Wildman–Crippen LogP) is 4.75. The summed E-state index contributed by atoms with van der Waals surface area (Å²) in [6.45, 7) is 6.63. The topological polar surface area (TPSA) is 52.4 Å². The summed E-state index contributed by atoms with van der Waals surface area (Å²) in [5, 5.41) is 4.26. The van der Waals surface area contributed by atoms with E-state index in [1.807, 2.05) is 44.2 Å². The number of likely N-dealkylation sites (tertiary alicyclic amines) is 1. The number of ether oxygens (including phenoxy) is 2. The Labute approximate surface area is 184 Å². The van der Waals surface area contributed by atoms with Crippen molar-refractivity contribution in [1.29, 1.82) is 0 Å². The molecule has 1 aromatic carbocycles. The molecular weight excluding hydrogens is 388 g/mol. The van der Waals surface area contributed by atoms with Crippen molar-refractivity contribution < 1.29 is 9.47 Å². The molecule has 6 heteroatoms. The van der Waals surface area contributed by atoms with E-state index in [2.05, 4.69) is 40.3 Å². The molecule has 6 nitrogen and oxygen atoms in total. The number of benzene rings is 1. The quantitative estimate of drug-likeness (QED) is 0.526. The Morgan fingerprint density at radius 2 is 2.00 bits per heavy atom. The molecule has 0 bridgehead atoms. The number of methoxy groups -OCH3 is 1. The van der Waals surface area contributed by atoms with Gasteiger partial charge in [-0.05, 0) is 57.0 Å². The van der Waals surface area contributed by atoms with Crippen LogP contribution < -0.4 is 4.74 Å². The van der Waals surface area contributed by atoms with E-state index in [-0.39, 0.29) is 6.10 Å². The van der Waals surface area contributed by atoms with Crippen LogP contribution in [0, 0.1) is 0 Å². The van der Waals surface area contributed by atoms with Crippen LogP contribution in [0.2, 0.25) is 0 Å². The Morgan fingerprint density at radius 3 is 2.68 bits per heavy atom. The first-order valence-electron chi connectivity index (χ1n) is 11.0. The van der Waals surface area contributed by atoms with Gasteiger partial charge < -0.3 is 9.47 Å². The Bertz CT molecular complexity index is 997. The van der Waals surface area contributed by atoms with Crippen molar-refractivity contribution in [1.82, 2.24) is 19.7 Å². The van der Waals surface area contributed by atoms with Crippen molar-refractivity contribution in [3.8, 4) is 16.9 Å². The first-order chi connectivity index (χ1) is 15.0. The van der Waals surface area contributed by atoms with E-state index in [9.17, 15) is 0 Å². The molecule has 0 N–H and O–H groups in total. The third-order valence-corrected chi connectivity index (χ3v) is 5.70. The molecule has 0 radical (unpaired) electrons. The van der Waals surface area contributed by atoms with Crippen LogP contribution in [0.25, 0.3) is 11.1 Å². The van der Waals surface area contributed by atoms with E-state index < -0.39 is 0 Å². The number of rotatable bonds is 8. The minimum atomic E-state index is 0.144. The predicted molar refractivity (Wildman–Crippen MR) is 122 cm³/mol. The molecule has 0 aliphatic carbocycles. The van der Waals surface area contributed by atoms with Gasteiger partial charge in [0.1, 0.15) is 5.75 Å². The van der Waals surface area contributed by atoms with Crippen LogP contribution in [0.4, 0.5) is 0 Å². The smallest absolute Gasteiger partial charge is 0.125 e. The van der Waals surface area contributed by atoms with E-state index in [0.29, 0.717) is 12.6 Å². The number of hydrogen-bond donors (Lipinski definition) is 0. The summed E-state index contributed by atoms with van der Waals surface area (Å²) in [4.78, 5) is 7.34. The van der Waals surface area contributed by atoms with Crippen LogP contribution in [0.1, 0.15) is 49.6 Å². The van der Waals surface area contributed by atoms with Gasteiger partial charge in [0.2, 0.25) is 0 Å². The Hall–Kier alpha value is -2.70. The summed E-state index contributed by atoms with van der Waals surface area (Å²) in [5.41, 5.74) is 5.72. The fraction of sp³-hybridized carbons (Fsp3) is 0.440. The van der Waals surface area contributed by atoms with Gasteiger partial charge in [0.25, 0.3) is 0 Å². The van der Waals surface area contributed by atoms with Crippen molar-refractivity contribution in [2.75, 3.05) is 13.7 Å². The monoisotopic (exact) mass is 420 g/mol. The van der Waals surface area contributed by atoms with Gasteiger partial charge in [-0.3, -0.25) is 14.6 Å². The largest absolute Gasteiger partial charge is 0.491 e. The molecule has 1 aliphatic rings. The van der Waals surface area contributed by atoms with Gasteiger partial charge in [-0.2, -0.15) is 5.10 Å². The summed E-state index contributed by atoms with van der Waals surface area (Å²) < 4.78 is 13.2. The summed E-state index contributed by atoms with van der Waals surface area (Å²) in [6.07, 6.45) is 8.34. The van der Waals surface area contributed by atoms with Gasteiger partial charge in [-0.25, -0.2) is 0 Å². The molecule has 31 heavy (non-hydrogen) atoms. The average Bonchev–Trinajstić information content (AvgIpc) is 3.39. The molecular formula is C25H32N4O2. The van der Waals surface area contributed by atoms with Crippen molar-refractivity contribution >= 4 is 0 Å². The van der Waals surface area contributed by atoms with Crippen LogP contribution in [-0.2, 0) is 24.9 Å². The lowest BCUT2D eigenvalue weighted by Crippen LogP contribution is -2.23. The lowest BCUT2D eigenvalue weighted by atomic mass is 10.1. The first kappa shape index (κ1) is 21.5. The molecule has 3 heterocycles. The zero-order valence-corrected chi connectivity index (χ0v) is 18.9. The van der Waals surface area contributed by atoms with E-state index in [0.717, 1.165) is 47.6 Å². The summed E-state index contributed by atoms with van der Waals surface area (Å²) in [5.74, 6) is 0.909. The van der Waals surface area contributed by atoms with E-state index in [1.54, 1.807) is 7.11 Å². The lowest BCUT2D eigenvalue weighted by molar-refractivity contribution is 0.174. The number of aromatic nitrogens is 3. The van der Waals surface area contributed by atoms with Gasteiger partial charge in [0.15, 0.2) is 0 Å². The van der Waals surface area contributed by atoms with Crippen LogP contribution in [-0.4, -0.2) is 39.4 Å². The van der Waals surface area contributed by atoms with E-state index in [4.69, 9.17) is 14.5 Å². The van der Waals surface area contributed by atoms with Gasteiger partial charge in [-0.1, -0.05) is 12.1 Å². The third-order valence-electron chi connectivity index (χ3n) is 5.70. The van der Waals surface area contributed by atoms with Crippen LogP contribution in [0.3, 0.4) is 0 Å². The van der Waals surface area contributed by atoms with Gasteiger partial charge in [0, 0.05) is 49.8 Å². The first-order valence-corrected chi connectivity index (χ1v) is 11.0. The number of pyridine rings is 1. The van der Waals surface area contributed by atoms with Crippen LogP contribution in [0.5, 0.6) is 5.75 Å². The second kappa shape index (κ2) is 9.62. The minimum absolute atomic E-state index is 0.144. The van der Waals surface area contributed by atoms with Crippen LogP contribution >= 0.6 is 0 Å². The molecule has 1 atom stereocenters. The zero-order chi connectivity index (χ0) is 21.8. The van der Waals surface area contributed by atoms with Gasteiger partial charge in [0.05, 0.1) is 30.6 Å². The number of hydrogen-bond acceptors (Lipinski definition) is 5.